The summed E-state index contributed by atoms with van der Waals surface area (Å²) in [6.45, 7) is 4.27. The summed E-state index contributed by atoms with van der Waals surface area (Å²) in [5.41, 5.74) is 6.96. The third-order valence-corrected chi connectivity index (χ3v) is 2.66. The molecule has 1 rings (SSSR count). The van der Waals surface area contributed by atoms with E-state index in [1.165, 1.54) is 0 Å². The molecule has 1 atom stereocenters. The molecule has 1 aromatic rings. The Kier molecular flexibility index (Phi) is 6.62. The van der Waals surface area contributed by atoms with Crippen molar-refractivity contribution < 1.29 is 0 Å². The van der Waals surface area contributed by atoms with Gasteiger partial charge in [0.2, 0.25) is 0 Å². The second-order valence-electron chi connectivity index (χ2n) is 3.90. The summed E-state index contributed by atoms with van der Waals surface area (Å²) in [6.07, 6.45) is 0.917. The topological polar surface area (TPSA) is 26.0 Å². The fourth-order valence-electron chi connectivity index (χ4n) is 1.43. The van der Waals surface area contributed by atoms with Crippen molar-refractivity contribution in [2.24, 2.45) is 11.7 Å². The molecule has 0 saturated heterocycles. The maximum Gasteiger partial charge on any atom is 0.0454 e. The highest BCUT2D eigenvalue weighted by atomic mass is 35.5. The van der Waals surface area contributed by atoms with Crippen LogP contribution in [-0.4, -0.2) is 0 Å². The summed E-state index contributed by atoms with van der Waals surface area (Å²) in [5, 5.41) is 1.38. The molecule has 4 heteroatoms. The number of nitrogens with two attached hydrogens (primary N) is 1. The van der Waals surface area contributed by atoms with Crippen molar-refractivity contribution in [1.29, 1.82) is 0 Å². The molecule has 0 aliphatic heterocycles. The summed E-state index contributed by atoms with van der Waals surface area (Å²) in [6, 6.07) is 5.38. The molecule has 15 heavy (non-hydrogen) atoms. The van der Waals surface area contributed by atoms with Gasteiger partial charge in [0.05, 0.1) is 0 Å². The molecular weight excluding hydrogens is 252 g/mol. The number of benzene rings is 1. The van der Waals surface area contributed by atoms with Crippen LogP contribution in [0.25, 0.3) is 0 Å². The van der Waals surface area contributed by atoms with E-state index in [2.05, 4.69) is 13.8 Å². The van der Waals surface area contributed by atoms with E-state index in [0.717, 1.165) is 12.0 Å². The van der Waals surface area contributed by atoms with Crippen LogP contribution in [-0.2, 0) is 0 Å². The number of halogens is 3. The van der Waals surface area contributed by atoms with Crippen molar-refractivity contribution in [3.05, 3.63) is 33.8 Å². The van der Waals surface area contributed by atoms with Crippen LogP contribution in [0.3, 0.4) is 0 Å². The van der Waals surface area contributed by atoms with E-state index in [1.54, 1.807) is 12.1 Å². The largest absolute Gasteiger partial charge is 0.324 e. The van der Waals surface area contributed by atoms with Crippen LogP contribution >= 0.6 is 35.6 Å². The summed E-state index contributed by atoms with van der Waals surface area (Å²) >= 11 is 11.9. The maximum absolute atomic E-state index is 6.04. The lowest BCUT2D eigenvalue weighted by Gasteiger charge is -2.16. The lowest BCUT2D eigenvalue weighted by atomic mass is 9.98. The van der Waals surface area contributed by atoms with Gasteiger partial charge in [-0.15, -0.1) is 12.4 Å². The van der Waals surface area contributed by atoms with Crippen molar-refractivity contribution >= 4 is 35.6 Å². The van der Waals surface area contributed by atoms with Crippen LogP contribution in [0.15, 0.2) is 18.2 Å². The summed E-state index contributed by atoms with van der Waals surface area (Å²) in [4.78, 5) is 0. The second kappa shape index (κ2) is 6.59. The molecule has 0 bridgehead atoms. The van der Waals surface area contributed by atoms with Crippen LogP contribution in [0.5, 0.6) is 0 Å². The SMILES string of the molecule is CC(C)C[C@H](N)c1cc(Cl)ccc1Cl.Cl. The van der Waals surface area contributed by atoms with Crippen molar-refractivity contribution in [3.63, 3.8) is 0 Å². The fraction of sp³-hybridized carbons (Fsp3) is 0.455. The minimum atomic E-state index is -0.0267. The normalized spacial score (nSPS) is 12.4. The minimum Gasteiger partial charge on any atom is -0.324 e. The predicted octanol–water partition coefficient (Wildman–Crippen LogP) is 4.46. The Hall–Kier alpha value is 0.0500. The maximum atomic E-state index is 6.04. The summed E-state index contributed by atoms with van der Waals surface area (Å²) < 4.78 is 0. The molecule has 0 saturated carbocycles. The standard InChI is InChI=1S/C11H15Cl2N.ClH/c1-7(2)5-11(14)9-6-8(12)3-4-10(9)13;/h3-4,6-7,11H,5,14H2,1-2H3;1H/t11-;/m0./s1. The Morgan fingerprint density at radius 3 is 2.40 bits per heavy atom. The van der Waals surface area contributed by atoms with Crippen molar-refractivity contribution in [2.75, 3.05) is 0 Å². The van der Waals surface area contributed by atoms with Crippen molar-refractivity contribution in [1.82, 2.24) is 0 Å². The molecule has 0 fully saturated rings. The van der Waals surface area contributed by atoms with Gasteiger partial charge in [-0.2, -0.15) is 0 Å². The Balaban J connectivity index is 0.00000196. The zero-order chi connectivity index (χ0) is 10.7. The second-order valence-corrected chi connectivity index (χ2v) is 4.75. The lowest BCUT2D eigenvalue weighted by Crippen LogP contribution is -2.13. The molecule has 0 aliphatic carbocycles. The lowest BCUT2D eigenvalue weighted by molar-refractivity contribution is 0.510. The molecule has 1 aromatic carbocycles. The first-order valence-electron chi connectivity index (χ1n) is 4.71. The Labute approximate surface area is 107 Å². The van der Waals surface area contributed by atoms with E-state index in [4.69, 9.17) is 28.9 Å². The monoisotopic (exact) mass is 267 g/mol. The van der Waals surface area contributed by atoms with E-state index in [1.807, 2.05) is 6.07 Å². The van der Waals surface area contributed by atoms with Crippen LogP contribution in [0.2, 0.25) is 10.0 Å². The Morgan fingerprint density at radius 1 is 1.27 bits per heavy atom. The van der Waals surface area contributed by atoms with Gasteiger partial charge in [0.15, 0.2) is 0 Å². The molecule has 86 valence electrons. The van der Waals surface area contributed by atoms with E-state index in [-0.39, 0.29) is 18.4 Å². The van der Waals surface area contributed by atoms with Crippen molar-refractivity contribution in [3.8, 4) is 0 Å². The minimum absolute atomic E-state index is 0. The van der Waals surface area contributed by atoms with Crippen molar-refractivity contribution in [2.45, 2.75) is 26.3 Å². The van der Waals surface area contributed by atoms with Gasteiger partial charge in [-0.05, 0) is 36.1 Å². The molecule has 0 unspecified atom stereocenters. The first-order valence-corrected chi connectivity index (χ1v) is 5.47. The zero-order valence-electron chi connectivity index (χ0n) is 8.84. The van der Waals surface area contributed by atoms with Gasteiger partial charge in [0, 0.05) is 16.1 Å². The third-order valence-electron chi connectivity index (χ3n) is 2.08. The number of hydrogen-bond donors (Lipinski definition) is 1. The van der Waals surface area contributed by atoms with E-state index in [0.29, 0.717) is 16.0 Å². The smallest absolute Gasteiger partial charge is 0.0454 e. The van der Waals surface area contributed by atoms with Crippen LogP contribution < -0.4 is 5.73 Å². The summed E-state index contributed by atoms with van der Waals surface area (Å²) in [7, 11) is 0. The van der Waals surface area contributed by atoms with Gasteiger partial charge in [0.25, 0.3) is 0 Å². The first kappa shape index (κ1) is 15.0. The molecule has 2 N–H and O–H groups in total. The molecule has 0 heterocycles. The molecule has 0 aliphatic rings. The van der Waals surface area contributed by atoms with E-state index < -0.39 is 0 Å². The van der Waals surface area contributed by atoms with Gasteiger partial charge >= 0.3 is 0 Å². The van der Waals surface area contributed by atoms with Gasteiger partial charge in [-0.1, -0.05) is 37.0 Å². The molecular formula is C11H16Cl3N. The highest BCUT2D eigenvalue weighted by molar-refractivity contribution is 6.33. The van der Waals surface area contributed by atoms with Crippen LogP contribution in [0.1, 0.15) is 31.9 Å². The molecule has 0 spiro atoms. The molecule has 0 radical (unpaired) electrons. The fourth-order valence-corrected chi connectivity index (χ4v) is 1.87. The quantitative estimate of drug-likeness (QED) is 0.860. The van der Waals surface area contributed by atoms with Crippen LogP contribution in [0.4, 0.5) is 0 Å². The Morgan fingerprint density at radius 2 is 1.87 bits per heavy atom. The summed E-state index contributed by atoms with van der Waals surface area (Å²) in [5.74, 6) is 0.556. The van der Waals surface area contributed by atoms with E-state index >= 15 is 0 Å². The highest BCUT2D eigenvalue weighted by Crippen LogP contribution is 2.28. The van der Waals surface area contributed by atoms with Gasteiger partial charge in [-0.25, -0.2) is 0 Å². The van der Waals surface area contributed by atoms with Crippen LogP contribution in [0, 0.1) is 5.92 Å². The Bertz CT molecular complexity index is 313. The number of rotatable bonds is 3. The predicted molar refractivity (Wildman–Crippen MR) is 70.1 cm³/mol. The highest BCUT2D eigenvalue weighted by Gasteiger charge is 2.12. The van der Waals surface area contributed by atoms with Gasteiger partial charge < -0.3 is 5.73 Å². The van der Waals surface area contributed by atoms with E-state index in [9.17, 15) is 0 Å². The third kappa shape index (κ3) is 4.60. The number of hydrogen-bond acceptors (Lipinski definition) is 1. The van der Waals surface area contributed by atoms with Gasteiger partial charge in [-0.3, -0.25) is 0 Å². The molecule has 0 amide bonds. The average molecular weight is 269 g/mol. The zero-order valence-corrected chi connectivity index (χ0v) is 11.2. The molecule has 1 nitrogen and oxygen atoms in total. The van der Waals surface area contributed by atoms with Gasteiger partial charge in [0.1, 0.15) is 0 Å². The molecule has 0 aromatic heterocycles. The first-order chi connectivity index (χ1) is 6.50. The average Bonchev–Trinajstić information content (AvgIpc) is 2.08.